The fraction of sp³-hybridized carbons (Fsp3) is 0.0549. The molecule has 3 aromatic heterocycles. The Morgan fingerprint density at radius 1 is 0.326 bits per heavy atom. The van der Waals surface area contributed by atoms with E-state index in [1.165, 1.54) is 77.9 Å². The first kappa shape index (κ1) is 54.7. The van der Waals surface area contributed by atoms with Crippen molar-refractivity contribution in [1.29, 1.82) is 0 Å². The molecule has 0 saturated carbocycles. The Morgan fingerprint density at radius 2 is 0.800 bits per heavy atom. The van der Waals surface area contributed by atoms with Gasteiger partial charge >= 0.3 is 0 Å². The molecular weight excluding hydrogens is 1150 g/mol. The average Bonchev–Trinajstić information content (AvgIpc) is 1.57. The molecule has 0 radical (unpaired) electrons. The summed E-state index contributed by atoms with van der Waals surface area (Å²) >= 11 is 0. The largest absolute Gasteiger partial charge is 0.256 e. The maximum Gasteiger partial charge on any atom is 0.160 e. The number of para-hydroxylation sites is 2. The lowest BCUT2D eigenvalue weighted by Crippen LogP contribution is -2.30. The number of hydrogen-bond acceptors (Lipinski definition) is 4. The number of rotatable bonds is 6. The second kappa shape index (κ2) is 21.0. The predicted molar refractivity (Wildman–Crippen MR) is 391 cm³/mol. The minimum atomic E-state index is -0.669. The number of nitrogens with zero attached hydrogens (tertiary/aromatic N) is 4. The van der Waals surface area contributed by atoms with Crippen LogP contribution >= 0.6 is 0 Å². The van der Waals surface area contributed by atoms with Crippen LogP contribution in [0.5, 0.6) is 0 Å². The van der Waals surface area contributed by atoms with Crippen LogP contribution in [-0.4, -0.2) is 19.9 Å². The van der Waals surface area contributed by atoms with Crippen LogP contribution < -0.4 is 0 Å². The van der Waals surface area contributed by atoms with Gasteiger partial charge in [-0.25, -0.2) is 9.97 Å². The number of pyridine rings is 2. The molecule has 0 unspecified atom stereocenters. The van der Waals surface area contributed by atoms with Crippen LogP contribution in [0.4, 0.5) is 0 Å². The van der Waals surface area contributed by atoms with Crippen molar-refractivity contribution in [2.45, 2.75) is 31.1 Å². The van der Waals surface area contributed by atoms with E-state index in [9.17, 15) is 0 Å². The lowest BCUT2D eigenvalue weighted by Gasteiger charge is -2.36. The predicted octanol–water partition coefficient (Wildman–Crippen LogP) is 22.2. The Morgan fingerprint density at radius 3 is 1.38 bits per heavy atom. The van der Waals surface area contributed by atoms with Crippen molar-refractivity contribution < 1.29 is 0 Å². The van der Waals surface area contributed by atoms with Gasteiger partial charge in [0.1, 0.15) is 0 Å². The molecular formula is C91H60N4. The quantitative estimate of drug-likeness (QED) is 0.166. The third-order valence-electron chi connectivity index (χ3n) is 21.1. The van der Waals surface area contributed by atoms with Crippen molar-refractivity contribution in [1.82, 2.24) is 19.9 Å². The molecule has 12 aromatic carbocycles. The molecule has 0 bridgehead atoms. The van der Waals surface area contributed by atoms with Gasteiger partial charge in [-0.2, -0.15) is 0 Å². The molecule has 0 atom stereocenters. The Balaban J connectivity index is 0.901. The van der Waals surface area contributed by atoms with E-state index >= 15 is 0 Å². The van der Waals surface area contributed by atoms with E-state index in [0.717, 1.165) is 117 Å². The van der Waals surface area contributed by atoms with Gasteiger partial charge in [0.15, 0.2) is 5.82 Å². The van der Waals surface area contributed by atoms with Gasteiger partial charge in [-0.05, 0) is 191 Å². The first-order chi connectivity index (χ1) is 46.8. The first-order valence-corrected chi connectivity index (χ1v) is 32.9. The van der Waals surface area contributed by atoms with Crippen molar-refractivity contribution in [3.63, 3.8) is 0 Å². The molecule has 0 saturated heterocycles. The highest BCUT2D eigenvalue weighted by molar-refractivity contribution is 6.07. The molecule has 4 nitrogen and oxygen atoms in total. The van der Waals surface area contributed by atoms with Gasteiger partial charge in [0.25, 0.3) is 0 Å². The van der Waals surface area contributed by atoms with Crippen molar-refractivity contribution >= 4 is 32.7 Å². The molecule has 0 fully saturated rings. The highest BCUT2D eigenvalue weighted by atomic mass is 14.9. The maximum atomic E-state index is 5.91. The second-order valence-corrected chi connectivity index (χ2v) is 26.0. The van der Waals surface area contributed by atoms with Gasteiger partial charge in [0.2, 0.25) is 0 Å². The summed E-state index contributed by atoms with van der Waals surface area (Å²) in [7, 11) is 0. The number of benzene rings is 12. The molecule has 19 rings (SSSR count). The molecule has 4 heteroatoms. The standard InChI is InChI=1S/C91H60N4/c1-55-49-63(42-44-66(55)74-32-17-23-59-25-19-47-92-85(59)74)87-77-52-65(61-40-39-58-22-6-4-5-21-57(3)90(83(58)53-61)78-34-12-7-27-68(78)69-28-8-13-35-79(69)90)51-76(88(77)95-89(94-87)64-43-45-67(56(2)50-64)75-33-18-24-60-26-20-48-93-86(60)75)62-41-46-73-72-31-11-16-38-82(72)91(84(73)54-62)80-36-14-9-29-70(80)71-30-10-15-37-81(71)91/h4-21,23-54H,3,22H2,1-2H3/b6-4-,21-5-. The minimum absolute atomic E-state index is 0.562. The normalized spacial score (nSPS) is 14.7. The zero-order valence-corrected chi connectivity index (χ0v) is 52.6. The molecule has 4 aliphatic rings. The van der Waals surface area contributed by atoms with Crippen LogP contribution in [-0.2, 0) is 17.3 Å². The third kappa shape index (κ3) is 7.95. The van der Waals surface area contributed by atoms with E-state index in [1.807, 2.05) is 24.5 Å². The van der Waals surface area contributed by atoms with Crippen LogP contribution in [0, 0.1) is 13.8 Å². The maximum absolute atomic E-state index is 5.91. The van der Waals surface area contributed by atoms with Crippen molar-refractivity contribution in [3.8, 4) is 101 Å². The van der Waals surface area contributed by atoms with E-state index in [0.29, 0.717) is 5.82 Å². The zero-order chi connectivity index (χ0) is 63.1. The summed E-state index contributed by atoms with van der Waals surface area (Å²) in [5.41, 5.74) is 34.0. The van der Waals surface area contributed by atoms with E-state index in [2.05, 4.69) is 293 Å². The summed E-state index contributed by atoms with van der Waals surface area (Å²) < 4.78 is 0. The molecule has 0 N–H and O–H groups in total. The molecule has 2 spiro atoms. The van der Waals surface area contributed by atoms with Crippen molar-refractivity contribution in [2.24, 2.45) is 0 Å². The highest BCUT2D eigenvalue weighted by Gasteiger charge is 2.52. The number of hydrogen-bond donors (Lipinski definition) is 0. The number of fused-ring (bicyclic) bond motifs is 20. The van der Waals surface area contributed by atoms with Gasteiger partial charge in [0.05, 0.1) is 33.1 Å². The van der Waals surface area contributed by atoms with Gasteiger partial charge in [-0.3, -0.25) is 9.97 Å². The van der Waals surface area contributed by atoms with Gasteiger partial charge < -0.3 is 0 Å². The zero-order valence-electron chi connectivity index (χ0n) is 52.6. The van der Waals surface area contributed by atoms with Crippen LogP contribution in [0.2, 0.25) is 0 Å². The Hall–Kier alpha value is -12.0. The van der Waals surface area contributed by atoms with Gasteiger partial charge in [-0.15, -0.1) is 0 Å². The minimum Gasteiger partial charge on any atom is -0.256 e. The SMILES string of the molecule is C=C1/C=C\C=C/Cc2ccc(-c3cc(-c4ccc5c(c4)C4(c6ccccc6-c6ccccc64)c4ccccc4-5)c4nc(-c5ccc(-c6cccc7cccnc67)c(C)c5)nc(-c5ccc(-c6cccc7cccnc67)c(C)c5)c4c3)cc2C12c1ccccc1-c1ccccc12. The van der Waals surface area contributed by atoms with Crippen LogP contribution in [0.15, 0.2) is 316 Å². The van der Waals surface area contributed by atoms with Gasteiger partial charge in [0, 0.05) is 56.4 Å². The van der Waals surface area contributed by atoms with E-state index in [1.54, 1.807) is 0 Å². The molecule has 3 heterocycles. The fourth-order valence-electron chi connectivity index (χ4n) is 17.0. The summed E-state index contributed by atoms with van der Waals surface area (Å²) in [4.78, 5) is 21.6. The number of allylic oxidation sites excluding steroid dienone is 5. The summed E-state index contributed by atoms with van der Waals surface area (Å²) in [6.07, 6.45) is 13.4. The van der Waals surface area contributed by atoms with E-state index < -0.39 is 10.8 Å². The molecule has 4 aliphatic carbocycles. The second-order valence-electron chi connectivity index (χ2n) is 26.0. The lowest BCUT2D eigenvalue weighted by molar-refractivity contribution is 0.760. The fourth-order valence-corrected chi connectivity index (χ4v) is 17.0. The third-order valence-corrected chi connectivity index (χ3v) is 21.1. The van der Waals surface area contributed by atoms with E-state index in [4.69, 9.17) is 26.5 Å². The first-order valence-electron chi connectivity index (χ1n) is 32.9. The van der Waals surface area contributed by atoms with Crippen molar-refractivity contribution in [3.05, 3.63) is 371 Å². The van der Waals surface area contributed by atoms with Crippen LogP contribution in [0.1, 0.15) is 55.6 Å². The molecule has 0 aliphatic heterocycles. The Labute approximate surface area is 552 Å². The smallest absolute Gasteiger partial charge is 0.160 e. The summed E-state index contributed by atoms with van der Waals surface area (Å²) in [6.45, 7) is 9.42. The molecule has 95 heavy (non-hydrogen) atoms. The number of aromatic nitrogens is 4. The average molecular weight is 1210 g/mol. The molecule has 444 valence electrons. The highest BCUT2D eigenvalue weighted by Crippen LogP contribution is 2.64. The Bertz CT molecular complexity index is 5780. The monoisotopic (exact) mass is 1210 g/mol. The molecule has 0 amide bonds. The van der Waals surface area contributed by atoms with Gasteiger partial charge in [-0.1, -0.05) is 249 Å². The summed E-state index contributed by atoms with van der Waals surface area (Å²) in [6, 6.07) is 99.1. The van der Waals surface area contributed by atoms with E-state index in [-0.39, 0.29) is 0 Å². The summed E-state index contributed by atoms with van der Waals surface area (Å²) in [5.74, 6) is 0.646. The number of aryl methyl sites for hydroxylation is 2. The topological polar surface area (TPSA) is 51.6 Å². The summed E-state index contributed by atoms with van der Waals surface area (Å²) in [5, 5.41) is 3.17. The Kier molecular flexibility index (Phi) is 12.1. The van der Waals surface area contributed by atoms with Crippen molar-refractivity contribution in [2.75, 3.05) is 0 Å². The van der Waals surface area contributed by atoms with Crippen LogP contribution in [0.3, 0.4) is 0 Å². The lowest BCUT2D eigenvalue weighted by atomic mass is 9.65. The molecule has 15 aromatic rings. The van der Waals surface area contributed by atoms with Crippen LogP contribution in [0.25, 0.3) is 133 Å².